The molecule has 10 heteroatoms. The van der Waals surface area contributed by atoms with E-state index in [1.165, 1.54) is 9.18 Å². The molecule has 4 rings (SSSR count). The summed E-state index contributed by atoms with van der Waals surface area (Å²) in [6, 6.07) is 15.7. The maximum atomic E-state index is 13.7. The van der Waals surface area contributed by atoms with Gasteiger partial charge >= 0.3 is 0 Å². The zero-order chi connectivity index (χ0) is 27.1. The summed E-state index contributed by atoms with van der Waals surface area (Å²) < 4.78 is 44.9. The Labute approximate surface area is 228 Å². The molecule has 0 bridgehead atoms. The van der Waals surface area contributed by atoms with Gasteiger partial charge in [-0.3, -0.25) is 4.79 Å². The summed E-state index contributed by atoms with van der Waals surface area (Å²) in [5.74, 6) is 1.07. The number of hydrogen-bond acceptors (Lipinski definition) is 7. The molecule has 0 unspecified atom stereocenters. The molecule has 0 fully saturated rings. The van der Waals surface area contributed by atoms with Crippen LogP contribution >= 0.6 is 11.3 Å². The molecule has 38 heavy (non-hydrogen) atoms. The molecule has 204 valence electrons. The molecule has 1 aliphatic rings. The topological polar surface area (TPSA) is 85.4 Å². The number of carbonyl (C=O) groups excluding carboxylic acids is 1. The number of thiophene rings is 1. The molecule has 3 aromatic rings. The molecule has 0 N–H and O–H groups in total. The first-order valence-electron chi connectivity index (χ1n) is 12.5. The number of sulfonamides is 1. The molecule has 8 nitrogen and oxygen atoms in total. The van der Waals surface area contributed by atoms with Crippen molar-refractivity contribution in [3.63, 3.8) is 0 Å². The second-order valence-corrected chi connectivity index (χ2v) is 12.1. The SMILES string of the molecule is COCCCN(CC(=O)N1CCc2sccc2[C@@H]1COc1cccc(OC)c1)S(=O)(=O)c1ccc(C)cc1. The van der Waals surface area contributed by atoms with Crippen molar-refractivity contribution < 1.29 is 27.4 Å². The molecular weight excluding hydrogens is 524 g/mol. The van der Waals surface area contributed by atoms with E-state index in [4.69, 9.17) is 14.2 Å². The van der Waals surface area contributed by atoms with Crippen molar-refractivity contribution in [2.75, 3.05) is 47.1 Å². The van der Waals surface area contributed by atoms with Crippen LogP contribution in [0.15, 0.2) is 64.9 Å². The number of fused-ring (bicyclic) bond motifs is 1. The van der Waals surface area contributed by atoms with E-state index in [1.807, 2.05) is 36.6 Å². The predicted molar refractivity (Wildman–Crippen MR) is 147 cm³/mol. The number of rotatable bonds is 12. The first-order valence-corrected chi connectivity index (χ1v) is 14.8. The largest absolute Gasteiger partial charge is 0.497 e. The van der Waals surface area contributed by atoms with Gasteiger partial charge in [0.2, 0.25) is 15.9 Å². The maximum absolute atomic E-state index is 13.7. The Morgan fingerprint density at radius 2 is 1.87 bits per heavy atom. The molecular formula is C28H34N2O6S2. The number of amides is 1. The molecule has 1 amide bonds. The van der Waals surface area contributed by atoms with Gasteiger partial charge in [0.25, 0.3) is 0 Å². The lowest BCUT2D eigenvalue weighted by molar-refractivity contribution is -0.135. The van der Waals surface area contributed by atoms with Crippen molar-refractivity contribution in [2.24, 2.45) is 0 Å². The average molecular weight is 559 g/mol. The second kappa shape index (κ2) is 12.8. The van der Waals surface area contributed by atoms with Crippen LogP contribution < -0.4 is 9.47 Å². The highest BCUT2D eigenvalue weighted by Crippen LogP contribution is 2.34. The van der Waals surface area contributed by atoms with Crippen molar-refractivity contribution in [1.29, 1.82) is 0 Å². The lowest BCUT2D eigenvalue weighted by Crippen LogP contribution is -2.48. The number of aryl methyl sites for hydroxylation is 1. The van der Waals surface area contributed by atoms with Crippen molar-refractivity contribution in [3.8, 4) is 11.5 Å². The van der Waals surface area contributed by atoms with E-state index in [9.17, 15) is 13.2 Å². The summed E-state index contributed by atoms with van der Waals surface area (Å²) >= 11 is 1.67. The van der Waals surface area contributed by atoms with Crippen LogP contribution in [0.5, 0.6) is 11.5 Å². The Hall–Kier alpha value is -2.92. The van der Waals surface area contributed by atoms with Gasteiger partial charge in [0.1, 0.15) is 18.1 Å². The number of nitrogens with zero attached hydrogens (tertiary/aromatic N) is 2. The van der Waals surface area contributed by atoms with Gasteiger partial charge in [-0.1, -0.05) is 23.8 Å². The van der Waals surface area contributed by atoms with Gasteiger partial charge in [0, 0.05) is 37.7 Å². The predicted octanol–water partition coefficient (Wildman–Crippen LogP) is 4.30. The third kappa shape index (κ3) is 6.55. The smallest absolute Gasteiger partial charge is 0.243 e. The minimum Gasteiger partial charge on any atom is -0.497 e. The lowest BCUT2D eigenvalue weighted by Gasteiger charge is -2.37. The standard InChI is InChI=1S/C28H34N2O6S2/c1-21-8-10-24(11-9-21)38(32,33)29(14-5-16-34-2)19-28(31)30-15-12-27-25(13-17-37-27)26(30)20-36-23-7-4-6-22(18-23)35-3/h4,6-11,13,17-18,26H,5,12,14-16,19-20H2,1-3H3/t26-/m0/s1. The summed E-state index contributed by atoms with van der Waals surface area (Å²) in [5, 5.41) is 2.02. The normalized spacial score (nSPS) is 15.4. The number of methoxy groups -OCH3 is 2. The molecule has 0 aliphatic carbocycles. The van der Waals surface area contributed by atoms with E-state index in [2.05, 4.69) is 0 Å². The van der Waals surface area contributed by atoms with E-state index >= 15 is 0 Å². The molecule has 0 saturated carbocycles. The van der Waals surface area contributed by atoms with E-state index in [1.54, 1.807) is 60.8 Å². The molecule has 2 heterocycles. The van der Waals surface area contributed by atoms with Crippen molar-refractivity contribution in [2.45, 2.75) is 30.7 Å². The van der Waals surface area contributed by atoms with Gasteiger partial charge in [-0.15, -0.1) is 11.3 Å². The fraction of sp³-hybridized carbons (Fsp3) is 0.393. The highest BCUT2D eigenvalue weighted by atomic mass is 32.2. The van der Waals surface area contributed by atoms with Gasteiger partial charge < -0.3 is 19.1 Å². The molecule has 0 radical (unpaired) electrons. The zero-order valence-corrected chi connectivity index (χ0v) is 23.6. The molecule has 1 aliphatic heterocycles. The van der Waals surface area contributed by atoms with Gasteiger partial charge in [0.05, 0.1) is 24.6 Å². The van der Waals surface area contributed by atoms with Crippen molar-refractivity contribution in [1.82, 2.24) is 9.21 Å². The van der Waals surface area contributed by atoms with Crippen LogP contribution in [0, 0.1) is 6.92 Å². The summed E-state index contributed by atoms with van der Waals surface area (Å²) in [5.41, 5.74) is 2.01. The summed E-state index contributed by atoms with van der Waals surface area (Å²) in [6.07, 6.45) is 1.20. The van der Waals surface area contributed by atoms with Crippen LogP contribution in [-0.4, -0.2) is 70.6 Å². The number of hydrogen-bond donors (Lipinski definition) is 0. The summed E-state index contributed by atoms with van der Waals surface area (Å²) in [4.78, 5) is 16.9. The Morgan fingerprint density at radius 3 is 2.61 bits per heavy atom. The average Bonchev–Trinajstić information content (AvgIpc) is 3.41. The minimum absolute atomic E-state index is 0.171. The van der Waals surface area contributed by atoms with E-state index in [-0.39, 0.29) is 36.5 Å². The number of carbonyl (C=O) groups is 1. The third-order valence-corrected chi connectivity index (χ3v) is 9.45. The van der Waals surface area contributed by atoms with Gasteiger partial charge in [-0.25, -0.2) is 8.42 Å². The lowest BCUT2D eigenvalue weighted by atomic mass is 10.0. The van der Waals surface area contributed by atoms with Gasteiger partial charge in [-0.2, -0.15) is 4.31 Å². The Balaban J connectivity index is 1.56. The fourth-order valence-electron chi connectivity index (χ4n) is 4.51. The van der Waals surface area contributed by atoms with E-state index in [0.717, 1.165) is 17.5 Å². The Morgan fingerprint density at radius 1 is 1.11 bits per heavy atom. The number of benzene rings is 2. The maximum Gasteiger partial charge on any atom is 0.243 e. The van der Waals surface area contributed by atoms with Crippen LogP contribution in [0.4, 0.5) is 0 Å². The molecule has 1 atom stereocenters. The van der Waals surface area contributed by atoms with Crippen molar-refractivity contribution >= 4 is 27.3 Å². The minimum atomic E-state index is -3.87. The van der Waals surface area contributed by atoms with Crippen LogP contribution in [0.25, 0.3) is 0 Å². The molecule has 1 aromatic heterocycles. The molecule has 0 spiro atoms. The Bertz CT molecular complexity index is 1320. The Kier molecular flexibility index (Phi) is 9.43. The van der Waals surface area contributed by atoms with Gasteiger partial charge in [0.15, 0.2) is 0 Å². The van der Waals surface area contributed by atoms with Crippen LogP contribution in [-0.2, 0) is 26.0 Å². The first kappa shape index (κ1) is 28.1. The quantitative estimate of drug-likeness (QED) is 0.308. The van der Waals surface area contributed by atoms with Crippen LogP contribution in [0.3, 0.4) is 0 Å². The van der Waals surface area contributed by atoms with E-state index in [0.29, 0.717) is 31.1 Å². The van der Waals surface area contributed by atoms with E-state index < -0.39 is 10.0 Å². The van der Waals surface area contributed by atoms with Gasteiger partial charge in [-0.05, 0) is 61.0 Å². The molecule has 2 aromatic carbocycles. The first-order chi connectivity index (χ1) is 18.3. The summed E-state index contributed by atoms with van der Waals surface area (Å²) in [7, 11) is -0.704. The monoisotopic (exact) mass is 558 g/mol. The summed E-state index contributed by atoms with van der Waals surface area (Å²) in [6.45, 7) is 2.96. The second-order valence-electron chi connectivity index (χ2n) is 9.14. The third-order valence-electron chi connectivity index (χ3n) is 6.59. The fourth-order valence-corrected chi connectivity index (χ4v) is 6.87. The molecule has 0 saturated heterocycles. The highest BCUT2D eigenvalue weighted by Gasteiger charge is 2.35. The highest BCUT2D eigenvalue weighted by molar-refractivity contribution is 7.89. The number of ether oxygens (including phenoxy) is 3. The van der Waals surface area contributed by atoms with Crippen LogP contribution in [0.1, 0.15) is 28.5 Å². The van der Waals surface area contributed by atoms with Crippen LogP contribution in [0.2, 0.25) is 0 Å². The van der Waals surface area contributed by atoms with Crippen molar-refractivity contribution in [3.05, 3.63) is 76.0 Å². The zero-order valence-electron chi connectivity index (χ0n) is 22.0.